The fourth-order valence-corrected chi connectivity index (χ4v) is 3.76. The molecule has 4 rings (SSSR count). The van der Waals surface area contributed by atoms with Crippen molar-refractivity contribution < 1.29 is 19.6 Å². The van der Waals surface area contributed by atoms with Crippen LogP contribution in [0.15, 0.2) is 84.4 Å². The number of hydrogen-bond donors (Lipinski definition) is 1. The molecule has 1 unspecified atom stereocenters. The van der Waals surface area contributed by atoms with Gasteiger partial charge in [-0.3, -0.25) is 24.6 Å². The zero-order chi connectivity index (χ0) is 22.1. The summed E-state index contributed by atoms with van der Waals surface area (Å²) in [7, 11) is 0. The van der Waals surface area contributed by atoms with Gasteiger partial charge in [0.05, 0.1) is 16.1 Å². The molecule has 0 saturated carbocycles. The van der Waals surface area contributed by atoms with Crippen molar-refractivity contribution in [3.63, 3.8) is 0 Å². The number of nitro groups is 1. The smallest absolute Gasteiger partial charge is 0.300 e. The second-order valence-electron chi connectivity index (χ2n) is 6.83. The fraction of sp³-hybridized carbons (Fsp3) is 0.0435. The number of amides is 1. The molecule has 1 amide bonds. The molecule has 1 aliphatic rings. The van der Waals surface area contributed by atoms with Crippen LogP contribution in [0, 0.1) is 10.1 Å². The number of halogens is 1. The van der Waals surface area contributed by atoms with Gasteiger partial charge < -0.3 is 5.11 Å². The standard InChI is InChI=1S/C23H15ClN2O5/c24-15-12-10-14(11-13-15)21(27)19-20(17-8-4-5-9-18(17)26(30)31)25(23(29)22(19)28)16-6-2-1-3-7-16/h1-13,20,27H. The van der Waals surface area contributed by atoms with E-state index in [1.165, 1.54) is 47.4 Å². The quantitative estimate of drug-likeness (QED) is 0.207. The van der Waals surface area contributed by atoms with E-state index in [0.29, 0.717) is 10.7 Å². The molecule has 1 fully saturated rings. The predicted octanol–water partition coefficient (Wildman–Crippen LogP) is 4.87. The monoisotopic (exact) mass is 434 g/mol. The van der Waals surface area contributed by atoms with Crippen molar-refractivity contribution in [2.45, 2.75) is 6.04 Å². The molecular formula is C23H15ClN2O5. The summed E-state index contributed by atoms with van der Waals surface area (Å²) >= 11 is 5.91. The van der Waals surface area contributed by atoms with E-state index in [1.54, 1.807) is 36.4 Å². The highest BCUT2D eigenvalue weighted by Gasteiger charge is 2.48. The van der Waals surface area contributed by atoms with E-state index in [2.05, 4.69) is 0 Å². The second-order valence-corrected chi connectivity index (χ2v) is 7.26. The molecule has 8 heteroatoms. The van der Waals surface area contributed by atoms with Crippen molar-refractivity contribution in [3.05, 3.63) is 111 Å². The molecule has 1 atom stereocenters. The van der Waals surface area contributed by atoms with Gasteiger partial charge in [-0.1, -0.05) is 41.9 Å². The summed E-state index contributed by atoms with van der Waals surface area (Å²) in [6.07, 6.45) is 0. The molecule has 0 aliphatic carbocycles. The number of nitro benzene ring substituents is 1. The summed E-state index contributed by atoms with van der Waals surface area (Å²) in [5.41, 5.74) is 0.260. The van der Waals surface area contributed by atoms with Crippen LogP contribution in [0.3, 0.4) is 0 Å². The Kier molecular flexibility index (Phi) is 5.27. The summed E-state index contributed by atoms with van der Waals surface area (Å²) < 4.78 is 0. The number of benzene rings is 3. The van der Waals surface area contributed by atoms with Crippen molar-refractivity contribution >= 4 is 40.4 Å². The molecule has 3 aromatic rings. The van der Waals surface area contributed by atoms with E-state index in [-0.39, 0.29) is 22.4 Å². The van der Waals surface area contributed by atoms with Crippen molar-refractivity contribution in [2.75, 3.05) is 4.90 Å². The lowest BCUT2D eigenvalue weighted by molar-refractivity contribution is -0.385. The molecular weight excluding hydrogens is 420 g/mol. The number of anilines is 1. The van der Waals surface area contributed by atoms with Gasteiger partial charge in [0.1, 0.15) is 11.8 Å². The minimum Gasteiger partial charge on any atom is -0.507 e. The number of carbonyl (C=O) groups excluding carboxylic acids is 2. The van der Waals surface area contributed by atoms with Crippen molar-refractivity contribution in [1.29, 1.82) is 0 Å². The van der Waals surface area contributed by atoms with Gasteiger partial charge >= 0.3 is 0 Å². The van der Waals surface area contributed by atoms with Crippen LogP contribution >= 0.6 is 11.6 Å². The molecule has 1 heterocycles. The van der Waals surface area contributed by atoms with E-state index in [9.17, 15) is 24.8 Å². The van der Waals surface area contributed by atoms with Crippen LogP contribution in [0.2, 0.25) is 5.02 Å². The Balaban J connectivity index is 2.01. The molecule has 0 aromatic heterocycles. The maximum absolute atomic E-state index is 13.0. The van der Waals surface area contributed by atoms with Gasteiger partial charge in [-0.15, -0.1) is 0 Å². The average molecular weight is 435 g/mol. The first kappa shape index (κ1) is 20.3. The Labute approximate surface area is 182 Å². The molecule has 31 heavy (non-hydrogen) atoms. The minimum absolute atomic E-state index is 0.117. The van der Waals surface area contributed by atoms with E-state index in [0.717, 1.165) is 0 Å². The number of Topliss-reactive ketones (excluding diaryl/α,β-unsaturated/α-hetero) is 1. The minimum atomic E-state index is -1.18. The highest BCUT2D eigenvalue weighted by molar-refractivity contribution is 6.51. The Morgan fingerprint density at radius 3 is 2.19 bits per heavy atom. The topological polar surface area (TPSA) is 101 Å². The molecule has 1 N–H and O–H groups in total. The zero-order valence-corrected chi connectivity index (χ0v) is 16.7. The maximum Gasteiger partial charge on any atom is 0.300 e. The number of hydrogen-bond acceptors (Lipinski definition) is 5. The van der Waals surface area contributed by atoms with Crippen molar-refractivity contribution in [2.24, 2.45) is 0 Å². The van der Waals surface area contributed by atoms with E-state index in [1.807, 2.05) is 0 Å². The third-order valence-corrected chi connectivity index (χ3v) is 5.28. The van der Waals surface area contributed by atoms with Crippen LogP contribution in [0.1, 0.15) is 17.2 Å². The van der Waals surface area contributed by atoms with E-state index >= 15 is 0 Å². The number of aliphatic hydroxyl groups excluding tert-OH is 1. The lowest BCUT2D eigenvalue weighted by Crippen LogP contribution is -2.29. The highest BCUT2D eigenvalue weighted by Crippen LogP contribution is 2.44. The van der Waals surface area contributed by atoms with Crippen LogP contribution in [-0.4, -0.2) is 21.7 Å². The largest absolute Gasteiger partial charge is 0.507 e. The zero-order valence-electron chi connectivity index (χ0n) is 15.9. The third-order valence-electron chi connectivity index (χ3n) is 5.02. The lowest BCUT2D eigenvalue weighted by Gasteiger charge is -2.25. The Bertz CT molecular complexity index is 1220. The Hall–Kier alpha value is -3.97. The SMILES string of the molecule is O=C1C(=O)N(c2ccccc2)C(c2ccccc2[N+](=O)[O-])C1=C(O)c1ccc(Cl)cc1. The summed E-state index contributed by atoms with van der Waals surface area (Å²) in [4.78, 5) is 38.3. The summed E-state index contributed by atoms with van der Waals surface area (Å²) in [6.45, 7) is 0. The average Bonchev–Trinajstić information content (AvgIpc) is 3.05. The molecule has 154 valence electrons. The van der Waals surface area contributed by atoms with Crippen LogP contribution < -0.4 is 4.90 Å². The van der Waals surface area contributed by atoms with E-state index < -0.39 is 28.4 Å². The molecule has 7 nitrogen and oxygen atoms in total. The molecule has 0 bridgehead atoms. The number of rotatable bonds is 4. The summed E-state index contributed by atoms with van der Waals surface area (Å²) in [5.74, 6) is -2.25. The predicted molar refractivity (Wildman–Crippen MR) is 116 cm³/mol. The van der Waals surface area contributed by atoms with Gasteiger partial charge in [-0.25, -0.2) is 0 Å². The number of carbonyl (C=O) groups is 2. The van der Waals surface area contributed by atoms with Gasteiger partial charge in [0.15, 0.2) is 0 Å². The first-order valence-corrected chi connectivity index (χ1v) is 9.63. The Morgan fingerprint density at radius 1 is 0.935 bits per heavy atom. The number of nitrogens with zero attached hydrogens (tertiary/aromatic N) is 2. The van der Waals surface area contributed by atoms with Gasteiger partial charge in [0, 0.05) is 22.3 Å². The maximum atomic E-state index is 13.0. The molecule has 1 saturated heterocycles. The Morgan fingerprint density at radius 2 is 1.55 bits per heavy atom. The molecule has 0 radical (unpaired) electrons. The highest BCUT2D eigenvalue weighted by atomic mass is 35.5. The van der Waals surface area contributed by atoms with Gasteiger partial charge in [-0.05, 0) is 42.5 Å². The number of para-hydroxylation sites is 2. The van der Waals surface area contributed by atoms with Crippen LogP contribution in [-0.2, 0) is 9.59 Å². The number of aliphatic hydroxyl groups is 1. The van der Waals surface area contributed by atoms with Crippen LogP contribution in [0.25, 0.3) is 5.76 Å². The van der Waals surface area contributed by atoms with Crippen molar-refractivity contribution in [1.82, 2.24) is 0 Å². The molecule has 0 spiro atoms. The van der Waals surface area contributed by atoms with Crippen molar-refractivity contribution in [3.8, 4) is 0 Å². The van der Waals surface area contributed by atoms with Crippen LogP contribution in [0.4, 0.5) is 11.4 Å². The molecule has 3 aromatic carbocycles. The third kappa shape index (κ3) is 3.55. The first-order chi connectivity index (χ1) is 14.9. The fourth-order valence-electron chi connectivity index (χ4n) is 3.63. The lowest BCUT2D eigenvalue weighted by atomic mass is 9.94. The number of ketones is 1. The normalized spacial score (nSPS) is 17.7. The first-order valence-electron chi connectivity index (χ1n) is 9.25. The van der Waals surface area contributed by atoms with E-state index in [4.69, 9.17) is 11.6 Å². The van der Waals surface area contributed by atoms with Gasteiger partial charge in [0.25, 0.3) is 17.4 Å². The summed E-state index contributed by atoms with van der Waals surface area (Å²) in [5, 5.41) is 23.1. The van der Waals surface area contributed by atoms with Gasteiger partial charge in [-0.2, -0.15) is 0 Å². The van der Waals surface area contributed by atoms with Crippen LogP contribution in [0.5, 0.6) is 0 Å². The van der Waals surface area contributed by atoms with Gasteiger partial charge in [0.2, 0.25) is 0 Å². The summed E-state index contributed by atoms with van der Waals surface area (Å²) in [6, 6.07) is 19.1. The second kappa shape index (κ2) is 8.04. The molecule has 1 aliphatic heterocycles.